The fourth-order valence-electron chi connectivity index (χ4n) is 2.58. The summed E-state index contributed by atoms with van der Waals surface area (Å²) in [5.41, 5.74) is 0. The van der Waals surface area contributed by atoms with E-state index in [4.69, 9.17) is 0 Å². The predicted molar refractivity (Wildman–Crippen MR) is 95.7 cm³/mol. The molecular formula is C20H36O2. The summed E-state index contributed by atoms with van der Waals surface area (Å²) < 4.78 is 4.60. The third kappa shape index (κ3) is 17.0. The van der Waals surface area contributed by atoms with Crippen LogP contribution in [0.1, 0.15) is 96.8 Å². The maximum atomic E-state index is 11.0. The fourth-order valence-corrected chi connectivity index (χ4v) is 2.58. The van der Waals surface area contributed by atoms with E-state index in [1.165, 1.54) is 83.1 Å². The minimum Gasteiger partial charge on any atom is -0.432 e. The molecule has 0 aliphatic carbocycles. The Hall–Kier alpha value is -1.05. The molecule has 0 heterocycles. The largest absolute Gasteiger partial charge is 0.432 e. The molecule has 0 bridgehead atoms. The van der Waals surface area contributed by atoms with Crippen LogP contribution in [0.3, 0.4) is 0 Å². The molecule has 0 aromatic rings. The molecule has 0 atom stereocenters. The van der Waals surface area contributed by atoms with E-state index in [1.807, 2.05) is 6.08 Å². The van der Waals surface area contributed by atoms with Crippen molar-refractivity contribution in [2.24, 2.45) is 0 Å². The smallest absolute Gasteiger partial charge is 0.335 e. The van der Waals surface area contributed by atoms with Crippen LogP contribution in [0.4, 0.5) is 0 Å². The molecule has 128 valence electrons. The van der Waals surface area contributed by atoms with E-state index >= 15 is 0 Å². The average Bonchev–Trinajstić information content (AvgIpc) is 2.51. The Morgan fingerprint density at radius 2 is 1.27 bits per heavy atom. The highest BCUT2D eigenvalue weighted by atomic mass is 16.5. The summed E-state index contributed by atoms with van der Waals surface area (Å²) in [5.74, 6) is -0.329. The highest BCUT2D eigenvalue weighted by Gasteiger charge is 1.94. The van der Waals surface area contributed by atoms with Crippen molar-refractivity contribution in [3.8, 4) is 0 Å². The van der Waals surface area contributed by atoms with E-state index in [0.29, 0.717) is 0 Å². The van der Waals surface area contributed by atoms with Gasteiger partial charge in [-0.15, -0.1) is 0 Å². The molecule has 0 radical (unpaired) electrons. The lowest BCUT2D eigenvalue weighted by atomic mass is 10.0. The summed E-state index contributed by atoms with van der Waals surface area (Å²) in [6, 6.07) is 0. The Bertz CT molecular complexity index is 281. The second kappa shape index (κ2) is 18.0. The molecular weight excluding hydrogens is 272 g/mol. The second-order valence-corrected chi connectivity index (χ2v) is 6.04. The summed E-state index contributed by atoms with van der Waals surface area (Å²) in [7, 11) is 0. The Balaban J connectivity index is 3.11. The number of carbonyl (C=O) groups is 1. The van der Waals surface area contributed by atoms with Gasteiger partial charge in [0, 0.05) is 6.08 Å². The normalized spacial score (nSPS) is 11.0. The summed E-state index contributed by atoms with van der Waals surface area (Å²) in [6.07, 6.45) is 23.3. The lowest BCUT2D eigenvalue weighted by Crippen LogP contribution is -1.92. The first-order valence-electron chi connectivity index (χ1n) is 9.29. The summed E-state index contributed by atoms with van der Waals surface area (Å²) in [4.78, 5) is 11.0. The van der Waals surface area contributed by atoms with Crippen molar-refractivity contribution in [2.75, 3.05) is 0 Å². The SMILES string of the molecule is C=COC(=O)/C=C/CCCCCCCCCCCCCCC. The number of unbranched alkanes of at least 4 members (excludes halogenated alkanes) is 13. The van der Waals surface area contributed by atoms with Crippen molar-refractivity contribution in [2.45, 2.75) is 96.8 Å². The van der Waals surface area contributed by atoms with Crippen LogP contribution < -0.4 is 0 Å². The molecule has 2 nitrogen and oxygen atoms in total. The standard InChI is InChI=1S/C20H36O2/c1-3-5-6-7-8-9-10-11-12-13-14-15-16-17-18-19-20(21)22-4-2/h4,18-19H,2-3,5-17H2,1H3/b19-18+. The highest BCUT2D eigenvalue weighted by molar-refractivity contribution is 5.82. The third-order valence-electron chi connectivity index (χ3n) is 3.93. The molecule has 0 unspecified atom stereocenters. The van der Waals surface area contributed by atoms with Gasteiger partial charge in [-0.05, 0) is 12.8 Å². The first kappa shape index (κ1) is 20.9. The number of esters is 1. The van der Waals surface area contributed by atoms with Gasteiger partial charge in [0.05, 0.1) is 6.26 Å². The van der Waals surface area contributed by atoms with Crippen LogP contribution in [0.15, 0.2) is 25.0 Å². The zero-order valence-electron chi connectivity index (χ0n) is 14.7. The van der Waals surface area contributed by atoms with Gasteiger partial charge in [-0.1, -0.05) is 96.6 Å². The molecule has 0 aliphatic rings. The van der Waals surface area contributed by atoms with Gasteiger partial charge in [0.15, 0.2) is 0 Å². The van der Waals surface area contributed by atoms with Gasteiger partial charge in [-0.3, -0.25) is 0 Å². The van der Waals surface area contributed by atoms with Gasteiger partial charge in [-0.25, -0.2) is 4.79 Å². The summed E-state index contributed by atoms with van der Waals surface area (Å²) in [5, 5.41) is 0. The van der Waals surface area contributed by atoms with Gasteiger partial charge in [0.2, 0.25) is 0 Å². The lowest BCUT2D eigenvalue weighted by molar-refractivity contribution is -0.132. The Labute approximate surface area is 138 Å². The van der Waals surface area contributed by atoms with Gasteiger partial charge in [-0.2, -0.15) is 0 Å². The van der Waals surface area contributed by atoms with Gasteiger partial charge in [0.25, 0.3) is 0 Å². The van der Waals surface area contributed by atoms with Gasteiger partial charge >= 0.3 is 5.97 Å². The fraction of sp³-hybridized carbons (Fsp3) is 0.750. The minimum atomic E-state index is -0.329. The van der Waals surface area contributed by atoms with Gasteiger partial charge < -0.3 is 4.74 Å². The monoisotopic (exact) mass is 308 g/mol. The molecule has 0 spiro atoms. The average molecular weight is 309 g/mol. The Morgan fingerprint density at radius 1 is 0.818 bits per heavy atom. The van der Waals surface area contributed by atoms with E-state index in [0.717, 1.165) is 19.1 Å². The second-order valence-electron chi connectivity index (χ2n) is 6.04. The summed E-state index contributed by atoms with van der Waals surface area (Å²) >= 11 is 0. The third-order valence-corrected chi connectivity index (χ3v) is 3.93. The van der Waals surface area contributed by atoms with Gasteiger partial charge in [0.1, 0.15) is 0 Å². The highest BCUT2D eigenvalue weighted by Crippen LogP contribution is 2.12. The van der Waals surface area contributed by atoms with Crippen LogP contribution in [0.25, 0.3) is 0 Å². The van der Waals surface area contributed by atoms with E-state index in [-0.39, 0.29) is 5.97 Å². The van der Waals surface area contributed by atoms with Crippen molar-refractivity contribution in [1.29, 1.82) is 0 Å². The zero-order chi connectivity index (χ0) is 16.3. The molecule has 22 heavy (non-hydrogen) atoms. The Morgan fingerprint density at radius 3 is 1.73 bits per heavy atom. The van der Waals surface area contributed by atoms with Crippen LogP contribution in [-0.4, -0.2) is 5.97 Å². The van der Waals surface area contributed by atoms with Crippen molar-refractivity contribution in [3.63, 3.8) is 0 Å². The molecule has 0 amide bonds. The van der Waals surface area contributed by atoms with E-state index in [9.17, 15) is 4.79 Å². The van der Waals surface area contributed by atoms with Crippen LogP contribution in [0.2, 0.25) is 0 Å². The maximum Gasteiger partial charge on any atom is 0.335 e. The van der Waals surface area contributed by atoms with Crippen molar-refractivity contribution in [3.05, 3.63) is 25.0 Å². The maximum absolute atomic E-state index is 11.0. The minimum absolute atomic E-state index is 0.329. The molecule has 0 rings (SSSR count). The number of carbonyl (C=O) groups excluding carboxylic acids is 1. The molecule has 0 saturated carbocycles. The van der Waals surface area contributed by atoms with E-state index < -0.39 is 0 Å². The predicted octanol–water partition coefficient (Wildman–Crippen LogP) is 6.71. The number of hydrogen-bond donors (Lipinski definition) is 0. The number of allylic oxidation sites excluding steroid dienone is 1. The number of rotatable bonds is 16. The number of ether oxygens (including phenoxy) is 1. The first-order chi connectivity index (χ1) is 10.8. The molecule has 0 saturated heterocycles. The Kier molecular flexibility index (Phi) is 17.1. The van der Waals surface area contributed by atoms with Crippen molar-refractivity contribution in [1.82, 2.24) is 0 Å². The van der Waals surface area contributed by atoms with Crippen LogP contribution in [0, 0.1) is 0 Å². The number of hydrogen-bond acceptors (Lipinski definition) is 2. The molecule has 0 aromatic carbocycles. The van der Waals surface area contributed by atoms with Crippen LogP contribution in [0.5, 0.6) is 0 Å². The molecule has 0 aromatic heterocycles. The molecule has 0 aliphatic heterocycles. The van der Waals surface area contributed by atoms with E-state index in [2.05, 4.69) is 18.2 Å². The van der Waals surface area contributed by atoms with Crippen molar-refractivity contribution >= 4 is 5.97 Å². The van der Waals surface area contributed by atoms with Crippen LogP contribution in [-0.2, 0) is 9.53 Å². The molecule has 0 N–H and O–H groups in total. The van der Waals surface area contributed by atoms with Crippen molar-refractivity contribution < 1.29 is 9.53 Å². The topological polar surface area (TPSA) is 26.3 Å². The van der Waals surface area contributed by atoms with Crippen LogP contribution >= 0.6 is 0 Å². The molecule has 2 heteroatoms. The molecule has 0 fully saturated rings. The quantitative estimate of drug-likeness (QED) is 0.137. The van der Waals surface area contributed by atoms with E-state index in [1.54, 1.807) is 0 Å². The lowest BCUT2D eigenvalue weighted by Gasteiger charge is -2.02. The summed E-state index contributed by atoms with van der Waals surface area (Å²) in [6.45, 7) is 5.62. The first-order valence-corrected chi connectivity index (χ1v) is 9.29. The zero-order valence-corrected chi connectivity index (χ0v) is 14.7.